The van der Waals surface area contributed by atoms with Crippen LogP contribution in [0.5, 0.6) is 0 Å². The van der Waals surface area contributed by atoms with Crippen LogP contribution < -0.4 is 5.32 Å². The summed E-state index contributed by atoms with van der Waals surface area (Å²) in [6.07, 6.45) is -0.0927. The third kappa shape index (κ3) is 4.09. The highest BCUT2D eigenvalue weighted by Crippen LogP contribution is 2.18. The second kappa shape index (κ2) is 6.78. The minimum absolute atomic E-state index is 0.0454. The van der Waals surface area contributed by atoms with Crippen molar-refractivity contribution in [1.29, 1.82) is 0 Å². The van der Waals surface area contributed by atoms with Crippen molar-refractivity contribution in [2.75, 3.05) is 13.1 Å². The predicted octanol–water partition coefficient (Wildman–Crippen LogP) is 1.11. The van der Waals surface area contributed by atoms with Crippen LogP contribution in [-0.4, -0.2) is 52.3 Å². The fraction of sp³-hybridized carbons (Fsp3) is 0.429. The number of hydrogen-bond acceptors (Lipinski definition) is 3. The number of nitrogens with zero attached hydrogens (tertiary/aromatic N) is 1. The van der Waals surface area contributed by atoms with Gasteiger partial charge in [-0.05, 0) is 24.1 Å². The molecular formula is C14H17ClN2O4. The predicted molar refractivity (Wildman–Crippen MR) is 77.3 cm³/mol. The molecule has 1 heterocycles. The van der Waals surface area contributed by atoms with E-state index in [0.29, 0.717) is 18.0 Å². The first-order valence-electron chi connectivity index (χ1n) is 6.67. The van der Waals surface area contributed by atoms with Gasteiger partial charge in [0.2, 0.25) is 0 Å². The van der Waals surface area contributed by atoms with Crippen molar-refractivity contribution < 1.29 is 19.8 Å². The molecule has 0 aliphatic carbocycles. The van der Waals surface area contributed by atoms with E-state index in [9.17, 15) is 14.7 Å². The number of aliphatic hydroxyl groups is 1. The SMILES string of the molecule is O=C(O)[C@H]1C[C@@H](O)CN1C(=O)NCCc1ccc(Cl)cc1. The summed E-state index contributed by atoms with van der Waals surface area (Å²) in [5.74, 6) is -1.10. The lowest BCUT2D eigenvalue weighted by molar-refractivity contribution is -0.141. The maximum absolute atomic E-state index is 12.0. The fourth-order valence-corrected chi connectivity index (χ4v) is 2.46. The normalized spacial score (nSPS) is 21.3. The fourth-order valence-electron chi connectivity index (χ4n) is 2.34. The minimum Gasteiger partial charge on any atom is -0.480 e. The number of β-amino-alcohol motifs (C(OH)–C–C–N with tert-alkyl or cyclic N) is 1. The van der Waals surface area contributed by atoms with Gasteiger partial charge in [-0.2, -0.15) is 0 Å². The minimum atomic E-state index is -1.10. The van der Waals surface area contributed by atoms with E-state index in [1.54, 1.807) is 12.1 Å². The Morgan fingerprint density at radius 2 is 2.00 bits per heavy atom. The Bertz CT molecular complexity index is 520. The Labute approximate surface area is 127 Å². The lowest BCUT2D eigenvalue weighted by Crippen LogP contribution is -2.46. The van der Waals surface area contributed by atoms with Gasteiger partial charge in [0.1, 0.15) is 6.04 Å². The molecule has 6 nitrogen and oxygen atoms in total. The van der Waals surface area contributed by atoms with Crippen LogP contribution >= 0.6 is 11.6 Å². The molecule has 2 amide bonds. The van der Waals surface area contributed by atoms with Gasteiger partial charge in [0, 0.05) is 24.5 Å². The zero-order valence-corrected chi connectivity index (χ0v) is 12.1. The summed E-state index contributed by atoms with van der Waals surface area (Å²) < 4.78 is 0. The number of hydrogen-bond donors (Lipinski definition) is 3. The standard InChI is InChI=1S/C14H17ClN2O4/c15-10-3-1-9(2-4-10)5-6-16-14(21)17-8-11(18)7-12(17)13(19)20/h1-4,11-12,18H,5-8H2,(H,16,21)(H,19,20)/t11-,12-/m1/s1. The molecule has 1 aliphatic heterocycles. The molecule has 1 saturated heterocycles. The summed E-state index contributed by atoms with van der Waals surface area (Å²) in [5.41, 5.74) is 1.02. The van der Waals surface area contributed by atoms with Gasteiger partial charge >= 0.3 is 12.0 Å². The number of halogens is 1. The van der Waals surface area contributed by atoms with Crippen LogP contribution in [0.2, 0.25) is 5.02 Å². The van der Waals surface area contributed by atoms with Crippen LogP contribution in [0.15, 0.2) is 24.3 Å². The molecule has 0 unspecified atom stereocenters. The molecule has 1 aromatic carbocycles. The Morgan fingerprint density at radius 3 is 2.62 bits per heavy atom. The summed E-state index contributed by atoms with van der Waals surface area (Å²) in [7, 11) is 0. The number of carboxylic acids is 1. The van der Waals surface area contributed by atoms with Gasteiger partial charge in [-0.3, -0.25) is 0 Å². The average Bonchev–Trinajstić information content (AvgIpc) is 2.83. The molecular weight excluding hydrogens is 296 g/mol. The van der Waals surface area contributed by atoms with Crippen molar-refractivity contribution in [3.8, 4) is 0 Å². The lowest BCUT2D eigenvalue weighted by atomic mass is 10.1. The maximum Gasteiger partial charge on any atom is 0.326 e. The maximum atomic E-state index is 12.0. The van der Waals surface area contributed by atoms with E-state index in [-0.39, 0.29) is 13.0 Å². The molecule has 2 atom stereocenters. The second-order valence-corrected chi connectivity index (χ2v) is 5.44. The summed E-state index contributed by atoms with van der Waals surface area (Å²) in [5, 5.41) is 21.9. The molecule has 21 heavy (non-hydrogen) atoms. The van der Waals surface area contributed by atoms with E-state index >= 15 is 0 Å². The summed E-state index contributed by atoms with van der Waals surface area (Å²) in [4.78, 5) is 24.2. The quantitative estimate of drug-likeness (QED) is 0.777. The summed E-state index contributed by atoms with van der Waals surface area (Å²) >= 11 is 5.79. The van der Waals surface area contributed by atoms with Crippen LogP contribution in [0.1, 0.15) is 12.0 Å². The molecule has 7 heteroatoms. The van der Waals surface area contributed by atoms with E-state index in [1.165, 1.54) is 0 Å². The molecule has 3 N–H and O–H groups in total. The number of benzene rings is 1. The van der Waals surface area contributed by atoms with Crippen molar-refractivity contribution >= 4 is 23.6 Å². The Hall–Kier alpha value is -1.79. The zero-order chi connectivity index (χ0) is 15.4. The number of amides is 2. The van der Waals surface area contributed by atoms with Gasteiger partial charge in [-0.1, -0.05) is 23.7 Å². The van der Waals surface area contributed by atoms with Gasteiger partial charge in [0.05, 0.1) is 6.10 Å². The molecule has 114 valence electrons. The third-order valence-electron chi connectivity index (χ3n) is 3.43. The van der Waals surface area contributed by atoms with E-state index < -0.39 is 24.1 Å². The Balaban J connectivity index is 1.84. The van der Waals surface area contributed by atoms with Crippen molar-refractivity contribution in [2.24, 2.45) is 0 Å². The van der Waals surface area contributed by atoms with E-state index in [1.807, 2.05) is 12.1 Å². The second-order valence-electron chi connectivity index (χ2n) is 5.00. The highest BCUT2D eigenvalue weighted by molar-refractivity contribution is 6.30. The largest absolute Gasteiger partial charge is 0.480 e. The average molecular weight is 313 g/mol. The highest BCUT2D eigenvalue weighted by Gasteiger charge is 2.38. The first-order valence-corrected chi connectivity index (χ1v) is 7.05. The first kappa shape index (κ1) is 15.6. The van der Waals surface area contributed by atoms with Crippen LogP contribution in [0, 0.1) is 0 Å². The Kier molecular flexibility index (Phi) is 5.03. The first-order chi connectivity index (χ1) is 9.97. The molecule has 2 rings (SSSR count). The number of rotatable bonds is 4. The molecule has 1 aromatic rings. The van der Waals surface area contributed by atoms with Crippen molar-refractivity contribution in [2.45, 2.75) is 25.0 Å². The summed E-state index contributed by atoms with van der Waals surface area (Å²) in [6, 6.07) is 5.86. The monoisotopic (exact) mass is 312 g/mol. The van der Waals surface area contributed by atoms with Crippen LogP contribution in [-0.2, 0) is 11.2 Å². The van der Waals surface area contributed by atoms with Crippen molar-refractivity contribution in [3.05, 3.63) is 34.9 Å². The molecule has 0 spiro atoms. The van der Waals surface area contributed by atoms with Gasteiger partial charge in [-0.15, -0.1) is 0 Å². The number of nitrogens with one attached hydrogen (secondary N) is 1. The molecule has 0 aromatic heterocycles. The van der Waals surface area contributed by atoms with Crippen LogP contribution in [0.3, 0.4) is 0 Å². The summed E-state index contributed by atoms with van der Waals surface area (Å²) in [6.45, 7) is 0.434. The molecule has 1 aliphatic rings. The van der Waals surface area contributed by atoms with E-state index in [0.717, 1.165) is 10.5 Å². The third-order valence-corrected chi connectivity index (χ3v) is 3.68. The Morgan fingerprint density at radius 1 is 1.33 bits per heavy atom. The lowest BCUT2D eigenvalue weighted by Gasteiger charge is -2.21. The smallest absolute Gasteiger partial charge is 0.326 e. The van der Waals surface area contributed by atoms with Crippen molar-refractivity contribution in [3.63, 3.8) is 0 Å². The van der Waals surface area contributed by atoms with Gasteiger partial charge < -0.3 is 20.4 Å². The number of likely N-dealkylation sites (tertiary alicyclic amines) is 1. The van der Waals surface area contributed by atoms with Crippen LogP contribution in [0.25, 0.3) is 0 Å². The highest BCUT2D eigenvalue weighted by atomic mass is 35.5. The molecule has 0 radical (unpaired) electrons. The number of carbonyl (C=O) groups excluding carboxylic acids is 1. The molecule has 0 saturated carbocycles. The number of urea groups is 1. The van der Waals surface area contributed by atoms with Crippen molar-refractivity contribution in [1.82, 2.24) is 10.2 Å². The number of aliphatic hydroxyl groups excluding tert-OH is 1. The molecule has 0 bridgehead atoms. The number of carbonyl (C=O) groups is 2. The topological polar surface area (TPSA) is 89.9 Å². The zero-order valence-electron chi connectivity index (χ0n) is 11.3. The van der Waals surface area contributed by atoms with Gasteiger partial charge in [-0.25, -0.2) is 9.59 Å². The van der Waals surface area contributed by atoms with E-state index in [2.05, 4.69) is 5.32 Å². The van der Waals surface area contributed by atoms with Gasteiger partial charge in [0.15, 0.2) is 0 Å². The van der Waals surface area contributed by atoms with E-state index in [4.69, 9.17) is 16.7 Å². The van der Waals surface area contributed by atoms with Gasteiger partial charge in [0.25, 0.3) is 0 Å². The number of carboxylic acid groups (broad SMARTS) is 1. The van der Waals surface area contributed by atoms with Crippen LogP contribution in [0.4, 0.5) is 4.79 Å². The molecule has 1 fully saturated rings. The number of aliphatic carboxylic acids is 1.